The van der Waals surface area contributed by atoms with Crippen LogP contribution in [-0.2, 0) is 6.54 Å². The van der Waals surface area contributed by atoms with Crippen molar-refractivity contribution < 1.29 is 14.4 Å². The summed E-state index contributed by atoms with van der Waals surface area (Å²) in [7, 11) is 0. The maximum atomic E-state index is 12.6. The third kappa shape index (κ3) is 3.62. The van der Waals surface area contributed by atoms with E-state index in [0.29, 0.717) is 24.2 Å². The number of pyridine rings is 1. The molecule has 134 valence electrons. The summed E-state index contributed by atoms with van der Waals surface area (Å²) < 4.78 is 0. The lowest BCUT2D eigenvalue weighted by Gasteiger charge is -2.13. The molecule has 1 aromatic carbocycles. The van der Waals surface area contributed by atoms with Crippen molar-refractivity contribution >= 4 is 17.7 Å². The number of amides is 3. The van der Waals surface area contributed by atoms with Gasteiger partial charge < -0.3 is 10.6 Å². The van der Waals surface area contributed by atoms with Crippen molar-refractivity contribution in [3.63, 3.8) is 0 Å². The monoisotopic (exact) mass is 352 g/mol. The van der Waals surface area contributed by atoms with Gasteiger partial charge >= 0.3 is 0 Å². The molecular weight excluding hydrogens is 332 g/mol. The summed E-state index contributed by atoms with van der Waals surface area (Å²) in [6.07, 6.45) is 3.23. The van der Waals surface area contributed by atoms with Crippen molar-refractivity contribution in [1.29, 1.82) is 0 Å². The van der Waals surface area contributed by atoms with Gasteiger partial charge in [0, 0.05) is 31.0 Å². The van der Waals surface area contributed by atoms with Crippen LogP contribution in [0.5, 0.6) is 0 Å². The summed E-state index contributed by atoms with van der Waals surface area (Å²) in [5.74, 6) is -0.997. The molecule has 1 aliphatic rings. The number of nitrogens with one attached hydrogen (secondary N) is 2. The molecule has 7 nitrogen and oxygen atoms in total. The zero-order chi connectivity index (χ0) is 18.5. The lowest BCUT2D eigenvalue weighted by atomic mass is 10.1. The van der Waals surface area contributed by atoms with Crippen LogP contribution in [0.4, 0.5) is 0 Å². The molecule has 0 radical (unpaired) electrons. The van der Waals surface area contributed by atoms with Crippen LogP contribution in [0.15, 0.2) is 42.7 Å². The second kappa shape index (κ2) is 7.88. The molecule has 2 heterocycles. The van der Waals surface area contributed by atoms with Gasteiger partial charge in [-0.2, -0.15) is 0 Å². The molecule has 3 rings (SSSR count). The smallest absolute Gasteiger partial charge is 0.261 e. The number of carbonyl (C=O) groups excluding carboxylic acids is 3. The molecule has 0 fully saturated rings. The molecule has 2 aromatic rings. The second-order valence-electron chi connectivity index (χ2n) is 5.92. The summed E-state index contributed by atoms with van der Waals surface area (Å²) in [5.41, 5.74) is 1.78. The van der Waals surface area contributed by atoms with E-state index >= 15 is 0 Å². The average molecular weight is 352 g/mol. The Balaban J connectivity index is 1.74. The minimum absolute atomic E-state index is 0.180. The molecule has 26 heavy (non-hydrogen) atoms. The maximum Gasteiger partial charge on any atom is 0.261 e. The third-order valence-electron chi connectivity index (χ3n) is 4.16. The lowest BCUT2D eigenvalue weighted by Crippen LogP contribution is -2.31. The average Bonchev–Trinajstić information content (AvgIpc) is 2.90. The van der Waals surface area contributed by atoms with Crippen molar-refractivity contribution in [3.05, 3.63) is 65.0 Å². The van der Waals surface area contributed by atoms with Gasteiger partial charge in [-0.1, -0.05) is 6.92 Å². The summed E-state index contributed by atoms with van der Waals surface area (Å²) >= 11 is 0. The molecule has 1 aliphatic heterocycles. The van der Waals surface area contributed by atoms with E-state index in [4.69, 9.17) is 0 Å². The molecule has 2 N–H and O–H groups in total. The quantitative estimate of drug-likeness (QED) is 0.577. The van der Waals surface area contributed by atoms with E-state index < -0.39 is 0 Å². The van der Waals surface area contributed by atoms with Crippen LogP contribution in [0.1, 0.15) is 43.6 Å². The molecule has 0 spiro atoms. The van der Waals surface area contributed by atoms with Crippen molar-refractivity contribution in [2.45, 2.75) is 13.5 Å². The van der Waals surface area contributed by atoms with Crippen molar-refractivity contribution in [2.75, 3.05) is 19.6 Å². The number of carbonyl (C=O) groups is 3. The summed E-state index contributed by atoms with van der Waals surface area (Å²) in [6.45, 7) is 4.16. The van der Waals surface area contributed by atoms with Gasteiger partial charge in [0.05, 0.1) is 17.7 Å². The summed E-state index contributed by atoms with van der Waals surface area (Å²) in [6, 6.07) is 8.12. The molecule has 0 atom stereocenters. The van der Waals surface area contributed by atoms with Gasteiger partial charge in [0.25, 0.3) is 17.7 Å². The highest BCUT2D eigenvalue weighted by atomic mass is 16.2. The first kappa shape index (κ1) is 17.8. The number of likely N-dealkylation sites (N-methyl/N-ethyl adjacent to an activating group) is 1. The Morgan fingerprint density at radius 3 is 2.50 bits per heavy atom. The first-order valence-electron chi connectivity index (χ1n) is 8.50. The largest absolute Gasteiger partial charge is 0.351 e. The number of fused-ring (bicyclic) bond motifs is 1. The Morgan fingerprint density at radius 2 is 1.77 bits per heavy atom. The molecule has 0 aliphatic carbocycles. The number of imide groups is 1. The van der Waals surface area contributed by atoms with E-state index in [2.05, 4.69) is 15.6 Å². The van der Waals surface area contributed by atoms with E-state index in [-0.39, 0.29) is 29.8 Å². The molecule has 0 bridgehead atoms. The summed E-state index contributed by atoms with van der Waals surface area (Å²) in [4.78, 5) is 42.5. The predicted molar refractivity (Wildman–Crippen MR) is 95.8 cm³/mol. The maximum absolute atomic E-state index is 12.6. The molecule has 0 saturated heterocycles. The number of rotatable bonds is 7. The first-order valence-corrected chi connectivity index (χ1v) is 8.50. The third-order valence-corrected chi connectivity index (χ3v) is 4.16. The van der Waals surface area contributed by atoms with Gasteiger partial charge in [0.2, 0.25) is 0 Å². The number of hydrogen-bond donors (Lipinski definition) is 2. The predicted octanol–water partition coefficient (Wildman–Crippen LogP) is 1.22. The minimum Gasteiger partial charge on any atom is -0.351 e. The van der Waals surface area contributed by atoms with Gasteiger partial charge in [-0.05, 0) is 42.4 Å². The van der Waals surface area contributed by atoms with Crippen molar-refractivity contribution in [1.82, 2.24) is 20.5 Å². The fraction of sp³-hybridized carbons (Fsp3) is 0.263. The fourth-order valence-electron chi connectivity index (χ4n) is 2.79. The standard InChI is InChI=1S/C19H20N4O3/c1-2-20-9-10-22-17(24)14-3-4-15-16(11-14)19(26)23(18(15)25)12-13-5-7-21-8-6-13/h3-8,11,20H,2,9-10,12H2,1H3,(H,22,24). The van der Waals surface area contributed by atoms with E-state index in [1.165, 1.54) is 11.0 Å². The Labute approximate surface area is 151 Å². The van der Waals surface area contributed by atoms with Crippen LogP contribution in [-0.4, -0.2) is 47.2 Å². The molecule has 1 aromatic heterocycles. The lowest BCUT2D eigenvalue weighted by molar-refractivity contribution is 0.0642. The van der Waals surface area contributed by atoms with Gasteiger partial charge in [-0.15, -0.1) is 0 Å². The SMILES string of the molecule is CCNCCNC(=O)c1ccc2c(c1)C(=O)N(Cc1ccncc1)C2=O. The van der Waals surface area contributed by atoms with Gasteiger partial charge in [0.15, 0.2) is 0 Å². The minimum atomic E-state index is -0.385. The van der Waals surface area contributed by atoms with Crippen molar-refractivity contribution in [3.8, 4) is 0 Å². The second-order valence-corrected chi connectivity index (χ2v) is 5.92. The Bertz CT molecular complexity index is 836. The number of aromatic nitrogens is 1. The van der Waals surface area contributed by atoms with Crippen LogP contribution in [0.25, 0.3) is 0 Å². The van der Waals surface area contributed by atoms with Gasteiger partial charge in [0.1, 0.15) is 0 Å². The van der Waals surface area contributed by atoms with Crippen molar-refractivity contribution in [2.24, 2.45) is 0 Å². The van der Waals surface area contributed by atoms with Crippen LogP contribution in [0, 0.1) is 0 Å². The highest BCUT2D eigenvalue weighted by Crippen LogP contribution is 2.25. The van der Waals surface area contributed by atoms with Crippen LogP contribution < -0.4 is 10.6 Å². The highest BCUT2D eigenvalue weighted by molar-refractivity contribution is 6.22. The zero-order valence-electron chi connectivity index (χ0n) is 14.5. The molecule has 3 amide bonds. The van der Waals surface area contributed by atoms with Crippen LogP contribution in [0.2, 0.25) is 0 Å². The molecule has 7 heteroatoms. The van der Waals surface area contributed by atoms with Crippen LogP contribution in [0.3, 0.4) is 0 Å². The summed E-state index contributed by atoms with van der Waals surface area (Å²) in [5, 5.41) is 5.90. The highest BCUT2D eigenvalue weighted by Gasteiger charge is 2.35. The normalized spacial score (nSPS) is 13.0. The molecule has 0 saturated carbocycles. The number of benzene rings is 1. The topological polar surface area (TPSA) is 91.4 Å². The zero-order valence-corrected chi connectivity index (χ0v) is 14.5. The van der Waals surface area contributed by atoms with Gasteiger partial charge in [-0.3, -0.25) is 24.3 Å². The first-order chi connectivity index (χ1) is 12.6. The molecular formula is C19H20N4O3. The number of hydrogen-bond acceptors (Lipinski definition) is 5. The van der Waals surface area contributed by atoms with E-state index in [1.54, 1.807) is 36.7 Å². The van der Waals surface area contributed by atoms with Gasteiger partial charge in [-0.25, -0.2) is 0 Å². The van der Waals surface area contributed by atoms with E-state index in [1.807, 2.05) is 6.92 Å². The van der Waals surface area contributed by atoms with E-state index in [0.717, 1.165) is 12.1 Å². The fourth-order valence-corrected chi connectivity index (χ4v) is 2.79. The Kier molecular flexibility index (Phi) is 5.38. The Hall–Kier alpha value is -3.06. The Morgan fingerprint density at radius 1 is 1.04 bits per heavy atom. The van der Waals surface area contributed by atoms with Crippen LogP contribution >= 0.6 is 0 Å². The van der Waals surface area contributed by atoms with E-state index in [9.17, 15) is 14.4 Å². The number of nitrogens with zero attached hydrogens (tertiary/aromatic N) is 2. The molecule has 0 unspecified atom stereocenters.